The van der Waals surface area contributed by atoms with E-state index < -0.39 is 11.7 Å². The lowest BCUT2D eigenvalue weighted by Crippen LogP contribution is -2.42. The molecule has 9 heteroatoms. The fraction of sp³-hybridized carbons (Fsp3) is 0.600. The van der Waals surface area contributed by atoms with E-state index in [1.807, 2.05) is 6.92 Å². The number of carbonyl (C=O) groups is 1. The minimum absolute atomic E-state index is 0.0674. The van der Waals surface area contributed by atoms with E-state index in [-0.39, 0.29) is 17.8 Å². The molecule has 1 amide bonds. The highest BCUT2D eigenvalue weighted by atomic mass is 19.4. The van der Waals surface area contributed by atoms with Crippen LogP contribution in [0.5, 0.6) is 5.75 Å². The van der Waals surface area contributed by atoms with Crippen LogP contribution in [0.2, 0.25) is 0 Å². The fourth-order valence-electron chi connectivity index (χ4n) is 2.62. The van der Waals surface area contributed by atoms with Crippen molar-refractivity contribution in [3.8, 4) is 5.75 Å². The predicted molar refractivity (Wildman–Crippen MR) is 106 cm³/mol. The average molecular weight is 414 g/mol. The Balaban J connectivity index is 1.72. The number of ether oxygens (including phenoxy) is 1. The lowest BCUT2D eigenvalue weighted by molar-refractivity contribution is -0.137. The molecule has 1 atom stereocenters. The number of alkyl halides is 3. The third kappa shape index (κ3) is 8.62. The van der Waals surface area contributed by atoms with Crippen molar-refractivity contribution < 1.29 is 22.7 Å². The molecule has 2 rings (SSSR count). The van der Waals surface area contributed by atoms with E-state index in [1.54, 1.807) is 7.05 Å². The monoisotopic (exact) mass is 414 g/mol. The second-order valence-corrected chi connectivity index (χ2v) is 7.00. The number of carbonyl (C=O) groups excluding carboxylic acids is 1. The van der Waals surface area contributed by atoms with Gasteiger partial charge in [-0.05, 0) is 43.9 Å². The van der Waals surface area contributed by atoms with Gasteiger partial charge in [-0.25, -0.2) is 0 Å². The molecule has 0 aromatic heterocycles. The number of amides is 1. The predicted octanol–water partition coefficient (Wildman–Crippen LogP) is 3.09. The number of halogens is 3. The molecule has 0 heterocycles. The number of nitrogens with one attached hydrogen (secondary N) is 3. The number of aliphatic imine (C=N–C) groups is 1. The second kappa shape index (κ2) is 10.9. The minimum atomic E-state index is -4.40. The molecule has 0 saturated heterocycles. The number of guanidine groups is 1. The number of hydrogen-bond donors (Lipinski definition) is 3. The van der Waals surface area contributed by atoms with Gasteiger partial charge in [-0.1, -0.05) is 13.0 Å². The molecule has 1 fully saturated rings. The van der Waals surface area contributed by atoms with Gasteiger partial charge in [-0.3, -0.25) is 9.79 Å². The average Bonchev–Trinajstić information content (AvgIpc) is 3.49. The molecule has 1 aromatic rings. The summed E-state index contributed by atoms with van der Waals surface area (Å²) in [5.74, 6) is 0.801. The number of nitrogens with zero attached hydrogens (tertiary/aromatic N) is 1. The molecule has 3 N–H and O–H groups in total. The van der Waals surface area contributed by atoms with Crippen molar-refractivity contribution in [1.29, 1.82) is 0 Å². The quantitative estimate of drug-likeness (QED) is 0.313. The van der Waals surface area contributed by atoms with Crippen LogP contribution in [0, 0.1) is 0 Å². The summed E-state index contributed by atoms with van der Waals surface area (Å²) in [5, 5.41) is 9.17. The summed E-state index contributed by atoms with van der Waals surface area (Å²) >= 11 is 0. The zero-order chi connectivity index (χ0) is 21.3. The molecule has 29 heavy (non-hydrogen) atoms. The summed E-state index contributed by atoms with van der Waals surface area (Å²) in [7, 11) is 1.63. The standard InChI is InChI=1S/C20H29F3N4O2/c1-3-16(29-17-7-4-6-14(12-17)20(21,22)23)13-26-19(24-2)25-11-5-8-18(28)27-15-9-10-15/h4,6-7,12,15-16H,3,5,8-11,13H2,1-2H3,(H,27,28)(H2,24,25,26). The normalized spacial score (nSPS) is 15.6. The van der Waals surface area contributed by atoms with Crippen molar-refractivity contribution >= 4 is 11.9 Å². The Labute approximate surface area is 169 Å². The van der Waals surface area contributed by atoms with Crippen LogP contribution in [0.3, 0.4) is 0 Å². The lowest BCUT2D eigenvalue weighted by atomic mass is 10.2. The van der Waals surface area contributed by atoms with Gasteiger partial charge >= 0.3 is 6.18 Å². The maximum absolute atomic E-state index is 12.8. The smallest absolute Gasteiger partial charge is 0.416 e. The highest BCUT2D eigenvalue weighted by molar-refractivity contribution is 5.80. The Morgan fingerprint density at radius 2 is 2.07 bits per heavy atom. The molecule has 0 spiro atoms. The Kier molecular flexibility index (Phi) is 8.60. The van der Waals surface area contributed by atoms with Crippen LogP contribution in [0.1, 0.15) is 44.6 Å². The zero-order valence-corrected chi connectivity index (χ0v) is 16.8. The van der Waals surface area contributed by atoms with Crippen LogP contribution < -0.4 is 20.7 Å². The van der Waals surface area contributed by atoms with Gasteiger partial charge in [0.2, 0.25) is 5.91 Å². The molecule has 1 saturated carbocycles. The first-order valence-electron chi connectivity index (χ1n) is 9.89. The van der Waals surface area contributed by atoms with Crippen LogP contribution in [0.25, 0.3) is 0 Å². The van der Waals surface area contributed by atoms with Gasteiger partial charge in [0.05, 0.1) is 12.1 Å². The van der Waals surface area contributed by atoms with Crippen LogP contribution in [-0.2, 0) is 11.0 Å². The van der Waals surface area contributed by atoms with E-state index >= 15 is 0 Å². The first-order chi connectivity index (χ1) is 13.8. The largest absolute Gasteiger partial charge is 0.489 e. The second-order valence-electron chi connectivity index (χ2n) is 7.00. The van der Waals surface area contributed by atoms with Crippen LogP contribution in [0.15, 0.2) is 29.3 Å². The van der Waals surface area contributed by atoms with Crippen LogP contribution in [0.4, 0.5) is 13.2 Å². The van der Waals surface area contributed by atoms with Crippen molar-refractivity contribution in [3.05, 3.63) is 29.8 Å². The molecule has 1 aliphatic rings. The number of benzene rings is 1. The van der Waals surface area contributed by atoms with Gasteiger partial charge in [0.15, 0.2) is 5.96 Å². The molecule has 0 bridgehead atoms. The first-order valence-corrected chi connectivity index (χ1v) is 9.89. The summed E-state index contributed by atoms with van der Waals surface area (Å²) in [6.07, 6.45) is -0.832. The van der Waals surface area contributed by atoms with Crippen molar-refractivity contribution in [2.75, 3.05) is 20.1 Å². The van der Waals surface area contributed by atoms with Crippen LogP contribution in [-0.4, -0.2) is 44.1 Å². The van der Waals surface area contributed by atoms with E-state index in [9.17, 15) is 18.0 Å². The molecular formula is C20H29F3N4O2. The van der Waals surface area contributed by atoms with E-state index in [1.165, 1.54) is 12.1 Å². The molecule has 6 nitrogen and oxygen atoms in total. The van der Waals surface area contributed by atoms with E-state index in [0.29, 0.717) is 44.4 Å². The molecule has 1 aliphatic carbocycles. The zero-order valence-electron chi connectivity index (χ0n) is 16.8. The lowest BCUT2D eigenvalue weighted by Gasteiger charge is -2.20. The molecular weight excluding hydrogens is 385 g/mol. The van der Waals surface area contributed by atoms with Crippen molar-refractivity contribution in [3.63, 3.8) is 0 Å². The van der Waals surface area contributed by atoms with Crippen molar-refractivity contribution in [2.45, 2.75) is 57.3 Å². The highest BCUT2D eigenvalue weighted by Gasteiger charge is 2.30. The maximum Gasteiger partial charge on any atom is 0.416 e. The maximum atomic E-state index is 12.8. The molecule has 0 aliphatic heterocycles. The molecule has 1 aromatic carbocycles. The van der Waals surface area contributed by atoms with Gasteiger partial charge < -0.3 is 20.7 Å². The third-order valence-electron chi connectivity index (χ3n) is 4.46. The summed E-state index contributed by atoms with van der Waals surface area (Å²) < 4.78 is 44.2. The topological polar surface area (TPSA) is 74.8 Å². The van der Waals surface area contributed by atoms with Crippen molar-refractivity contribution in [2.24, 2.45) is 4.99 Å². The summed E-state index contributed by atoms with van der Waals surface area (Å²) in [6, 6.07) is 5.23. The Hall–Kier alpha value is -2.45. The van der Waals surface area contributed by atoms with E-state index in [2.05, 4.69) is 20.9 Å². The van der Waals surface area contributed by atoms with Gasteiger partial charge in [0, 0.05) is 26.1 Å². The van der Waals surface area contributed by atoms with Gasteiger partial charge in [-0.2, -0.15) is 13.2 Å². The summed E-state index contributed by atoms with van der Waals surface area (Å²) in [5.41, 5.74) is -0.735. The third-order valence-corrected chi connectivity index (χ3v) is 4.46. The van der Waals surface area contributed by atoms with E-state index in [0.717, 1.165) is 25.0 Å². The SMILES string of the molecule is CCC(CNC(=NC)NCCCC(=O)NC1CC1)Oc1cccc(C(F)(F)F)c1. The summed E-state index contributed by atoms with van der Waals surface area (Å²) in [4.78, 5) is 15.8. The first kappa shape index (κ1) is 22.8. The van der Waals surface area contributed by atoms with Crippen molar-refractivity contribution in [1.82, 2.24) is 16.0 Å². The van der Waals surface area contributed by atoms with Gasteiger partial charge in [0.25, 0.3) is 0 Å². The Morgan fingerprint density at radius 3 is 2.69 bits per heavy atom. The molecule has 0 radical (unpaired) electrons. The van der Waals surface area contributed by atoms with Gasteiger partial charge in [-0.15, -0.1) is 0 Å². The minimum Gasteiger partial charge on any atom is -0.489 e. The summed E-state index contributed by atoms with van der Waals surface area (Å²) in [6.45, 7) is 2.87. The van der Waals surface area contributed by atoms with E-state index in [4.69, 9.17) is 4.74 Å². The number of rotatable bonds is 10. The highest BCUT2D eigenvalue weighted by Crippen LogP contribution is 2.31. The number of hydrogen-bond acceptors (Lipinski definition) is 3. The molecule has 162 valence electrons. The van der Waals surface area contributed by atoms with Gasteiger partial charge in [0.1, 0.15) is 11.9 Å². The Bertz CT molecular complexity index is 691. The Morgan fingerprint density at radius 1 is 1.31 bits per heavy atom. The molecule has 1 unspecified atom stereocenters. The van der Waals surface area contributed by atoms with Crippen LogP contribution >= 0.6 is 0 Å². The fourth-order valence-corrected chi connectivity index (χ4v) is 2.62.